The van der Waals surface area contributed by atoms with Gasteiger partial charge in [0.1, 0.15) is 0 Å². The van der Waals surface area contributed by atoms with Gasteiger partial charge >= 0.3 is 0 Å². The fraction of sp³-hybridized carbons (Fsp3) is 0.438. The van der Waals surface area contributed by atoms with E-state index in [9.17, 15) is 4.79 Å². The Morgan fingerprint density at radius 3 is 2.90 bits per heavy atom. The molecule has 0 unspecified atom stereocenters. The predicted octanol–water partition coefficient (Wildman–Crippen LogP) is 2.25. The van der Waals surface area contributed by atoms with Gasteiger partial charge in [0, 0.05) is 23.1 Å². The van der Waals surface area contributed by atoms with Crippen molar-refractivity contribution in [3.63, 3.8) is 0 Å². The van der Waals surface area contributed by atoms with Crippen LogP contribution in [0.15, 0.2) is 30.5 Å². The number of carbonyl (C=O) groups is 1. The highest BCUT2D eigenvalue weighted by Crippen LogP contribution is 2.27. The van der Waals surface area contributed by atoms with Gasteiger partial charge in [0.2, 0.25) is 5.91 Å². The molecule has 1 saturated heterocycles. The first-order valence-corrected chi connectivity index (χ1v) is 7.02. The third kappa shape index (κ3) is 2.31. The number of aromatic nitrogens is 1. The molecule has 1 fully saturated rings. The van der Waals surface area contributed by atoms with Crippen molar-refractivity contribution in [2.45, 2.75) is 26.3 Å². The summed E-state index contributed by atoms with van der Waals surface area (Å²) in [4.78, 5) is 15.4. The maximum absolute atomic E-state index is 12.2. The SMILES string of the molecule is C[C@H](Cc1c[nH]c2ccccc12)NC(=O)C1(C)COC1. The third-order valence-corrected chi connectivity index (χ3v) is 3.97. The Hall–Kier alpha value is -1.81. The zero-order valence-electron chi connectivity index (χ0n) is 11.9. The van der Waals surface area contributed by atoms with E-state index in [1.54, 1.807) is 0 Å². The molecule has 2 aromatic rings. The second kappa shape index (κ2) is 4.94. The monoisotopic (exact) mass is 272 g/mol. The molecule has 0 radical (unpaired) electrons. The summed E-state index contributed by atoms with van der Waals surface area (Å²) >= 11 is 0. The van der Waals surface area contributed by atoms with E-state index in [0.29, 0.717) is 13.2 Å². The highest BCUT2D eigenvalue weighted by molar-refractivity contribution is 5.84. The number of benzene rings is 1. The van der Waals surface area contributed by atoms with Crippen molar-refractivity contribution in [3.05, 3.63) is 36.0 Å². The van der Waals surface area contributed by atoms with Crippen LogP contribution in [0.5, 0.6) is 0 Å². The molecule has 1 aromatic carbocycles. The van der Waals surface area contributed by atoms with Gasteiger partial charge in [0.05, 0.1) is 18.6 Å². The first-order chi connectivity index (χ1) is 9.58. The number of amides is 1. The first-order valence-electron chi connectivity index (χ1n) is 7.02. The molecule has 0 aliphatic carbocycles. The summed E-state index contributed by atoms with van der Waals surface area (Å²) < 4.78 is 5.14. The normalized spacial score (nSPS) is 18.5. The van der Waals surface area contributed by atoms with E-state index in [1.807, 2.05) is 32.2 Å². The van der Waals surface area contributed by atoms with Gasteiger partial charge < -0.3 is 15.0 Å². The zero-order valence-corrected chi connectivity index (χ0v) is 11.9. The number of ether oxygens (including phenoxy) is 1. The molecule has 2 N–H and O–H groups in total. The molecule has 1 amide bonds. The highest BCUT2D eigenvalue weighted by Gasteiger charge is 2.41. The molecule has 1 aliphatic rings. The van der Waals surface area contributed by atoms with E-state index in [2.05, 4.69) is 22.4 Å². The zero-order chi connectivity index (χ0) is 14.2. The number of hydrogen-bond donors (Lipinski definition) is 2. The minimum absolute atomic E-state index is 0.0936. The van der Waals surface area contributed by atoms with Crippen LogP contribution >= 0.6 is 0 Å². The van der Waals surface area contributed by atoms with Crippen LogP contribution in [0.3, 0.4) is 0 Å². The molecule has 0 bridgehead atoms. The molecular weight excluding hydrogens is 252 g/mol. The maximum Gasteiger partial charge on any atom is 0.230 e. The summed E-state index contributed by atoms with van der Waals surface area (Å²) in [7, 11) is 0. The Balaban J connectivity index is 1.67. The van der Waals surface area contributed by atoms with Gasteiger partial charge in [-0.3, -0.25) is 4.79 Å². The van der Waals surface area contributed by atoms with Crippen molar-refractivity contribution < 1.29 is 9.53 Å². The van der Waals surface area contributed by atoms with Crippen molar-refractivity contribution in [2.75, 3.05) is 13.2 Å². The van der Waals surface area contributed by atoms with Gasteiger partial charge in [-0.2, -0.15) is 0 Å². The molecule has 2 heterocycles. The molecule has 0 spiro atoms. The average molecular weight is 272 g/mol. The van der Waals surface area contributed by atoms with E-state index in [-0.39, 0.29) is 17.4 Å². The Bertz CT molecular complexity index is 628. The molecular formula is C16H20N2O2. The number of rotatable bonds is 4. The van der Waals surface area contributed by atoms with Crippen LogP contribution in [0.25, 0.3) is 10.9 Å². The molecule has 0 saturated carbocycles. The molecule has 1 aromatic heterocycles. The molecule has 1 atom stereocenters. The van der Waals surface area contributed by atoms with E-state index in [4.69, 9.17) is 4.74 Å². The first kappa shape index (κ1) is 13.2. The van der Waals surface area contributed by atoms with E-state index < -0.39 is 0 Å². The predicted molar refractivity (Wildman–Crippen MR) is 78.5 cm³/mol. The van der Waals surface area contributed by atoms with E-state index >= 15 is 0 Å². The summed E-state index contributed by atoms with van der Waals surface area (Å²) in [6.07, 6.45) is 2.86. The topological polar surface area (TPSA) is 54.1 Å². The van der Waals surface area contributed by atoms with Crippen molar-refractivity contribution >= 4 is 16.8 Å². The number of H-pyrrole nitrogens is 1. The molecule has 3 rings (SSSR count). The summed E-state index contributed by atoms with van der Waals surface area (Å²) in [6.45, 7) is 5.05. The smallest absolute Gasteiger partial charge is 0.230 e. The Morgan fingerprint density at radius 1 is 1.45 bits per heavy atom. The van der Waals surface area contributed by atoms with Gasteiger partial charge in [0.25, 0.3) is 0 Å². The minimum atomic E-state index is -0.339. The van der Waals surface area contributed by atoms with Crippen LogP contribution in [0, 0.1) is 5.41 Å². The highest BCUT2D eigenvalue weighted by atomic mass is 16.5. The number of carbonyl (C=O) groups excluding carboxylic acids is 1. The number of hydrogen-bond acceptors (Lipinski definition) is 2. The lowest BCUT2D eigenvalue weighted by Crippen LogP contribution is -2.54. The second-order valence-electron chi connectivity index (χ2n) is 5.99. The lowest BCUT2D eigenvalue weighted by molar-refractivity contribution is -0.158. The average Bonchev–Trinajstić information content (AvgIpc) is 2.79. The molecule has 106 valence electrons. The van der Waals surface area contributed by atoms with E-state index in [1.165, 1.54) is 10.9 Å². The van der Waals surface area contributed by atoms with Gasteiger partial charge in [-0.05, 0) is 31.9 Å². The number of aromatic amines is 1. The summed E-state index contributed by atoms with van der Waals surface area (Å²) in [5.74, 6) is 0.0936. The van der Waals surface area contributed by atoms with Crippen molar-refractivity contribution in [2.24, 2.45) is 5.41 Å². The second-order valence-corrected chi connectivity index (χ2v) is 5.99. The van der Waals surface area contributed by atoms with Gasteiger partial charge in [-0.15, -0.1) is 0 Å². The van der Waals surface area contributed by atoms with Crippen LogP contribution < -0.4 is 5.32 Å². The van der Waals surface area contributed by atoms with Gasteiger partial charge in [-0.25, -0.2) is 0 Å². The number of nitrogens with one attached hydrogen (secondary N) is 2. The number of para-hydroxylation sites is 1. The van der Waals surface area contributed by atoms with Crippen molar-refractivity contribution in [1.29, 1.82) is 0 Å². The summed E-state index contributed by atoms with van der Waals surface area (Å²) in [5.41, 5.74) is 2.04. The van der Waals surface area contributed by atoms with Crippen LogP contribution in [0.4, 0.5) is 0 Å². The van der Waals surface area contributed by atoms with Gasteiger partial charge in [0.15, 0.2) is 0 Å². The van der Waals surface area contributed by atoms with Gasteiger partial charge in [-0.1, -0.05) is 18.2 Å². The third-order valence-electron chi connectivity index (χ3n) is 3.97. The minimum Gasteiger partial charge on any atom is -0.379 e. The van der Waals surface area contributed by atoms with Crippen LogP contribution in [-0.4, -0.2) is 30.1 Å². The molecule has 20 heavy (non-hydrogen) atoms. The van der Waals surface area contributed by atoms with Crippen LogP contribution in [0.1, 0.15) is 19.4 Å². The standard InChI is InChI=1S/C16H20N2O2/c1-11(18-15(19)16(2)9-20-10-16)7-12-8-17-14-6-4-3-5-13(12)14/h3-6,8,11,17H,7,9-10H2,1-2H3,(H,18,19)/t11-/m1/s1. The quantitative estimate of drug-likeness (QED) is 0.897. The van der Waals surface area contributed by atoms with Crippen molar-refractivity contribution in [3.8, 4) is 0 Å². The molecule has 4 nitrogen and oxygen atoms in total. The van der Waals surface area contributed by atoms with E-state index in [0.717, 1.165) is 11.9 Å². The lowest BCUT2D eigenvalue weighted by atomic mass is 9.87. The Morgan fingerprint density at radius 2 is 2.20 bits per heavy atom. The largest absolute Gasteiger partial charge is 0.379 e. The summed E-state index contributed by atoms with van der Waals surface area (Å²) in [5, 5.41) is 4.32. The Kier molecular flexibility index (Phi) is 3.26. The fourth-order valence-electron chi connectivity index (χ4n) is 2.62. The molecule has 4 heteroatoms. The summed E-state index contributed by atoms with van der Waals surface area (Å²) in [6, 6.07) is 8.34. The van der Waals surface area contributed by atoms with Crippen LogP contribution in [-0.2, 0) is 16.0 Å². The van der Waals surface area contributed by atoms with Crippen molar-refractivity contribution in [1.82, 2.24) is 10.3 Å². The van der Waals surface area contributed by atoms with Crippen LogP contribution in [0.2, 0.25) is 0 Å². The lowest BCUT2D eigenvalue weighted by Gasteiger charge is -2.37. The number of fused-ring (bicyclic) bond motifs is 1. The maximum atomic E-state index is 12.2. The molecule has 1 aliphatic heterocycles. The fourth-order valence-corrected chi connectivity index (χ4v) is 2.62. The Labute approximate surface area is 118 Å².